The molecule has 0 aromatic heterocycles. The monoisotopic (exact) mass is 184 g/mol. The number of phenols is 1. The summed E-state index contributed by atoms with van der Waals surface area (Å²) in [6, 6.07) is 4.82. The molecule has 0 heterocycles. The number of halogens is 1. The second-order valence-electron chi connectivity index (χ2n) is 2.29. The van der Waals surface area contributed by atoms with Gasteiger partial charge in [-0.05, 0) is 18.2 Å². The van der Waals surface area contributed by atoms with Crippen LogP contribution in [0.3, 0.4) is 0 Å². The van der Waals surface area contributed by atoms with Gasteiger partial charge in [0, 0.05) is 10.6 Å². The molecule has 0 aliphatic carbocycles. The lowest BCUT2D eigenvalue weighted by atomic mass is 10.2. The van der Waals surface area contributed by atoms with Crippen molar-refractivity contribution in [2.45, 2.75) is 0 Å². The molecule has 1 aromatic carbocycles. The molecule has 0 fully saturated rings. The van der Waals surface area contributed by atoms with Crippen LogP contribution in [0.2, 0.25) is 5.02 Å². The molecule has 2 N–H and O–H groups in total. The van der Waals surface area contributed by atoms with Gasteiger partial charge >= 0.3 is 0 Å². The number of aromatic hydroxyl groups is 1. The molecule has 0 aliphatic heterocycles. The summed E-state index contributed by atoms with van der Waals surface area (Å²) in [5, 5.41) is 18.3. The topological polar surface area (TPSA) is 40.5 Å². The SMILES string of the molecule is OC/C=C/c1ccc(Cl)cc1O. The minimum Gasteiger partial charge on any atom is -0.507 e. The Balaban J connectivity index is 2.94. The number of benzene rings is 1. The third kappa shape index (κ3) is 2.26. The van der Waals surface area contributed by atoms with Crippen molar-refractivity contribution in [2.75, 3.05) is 6.61 Å². The van der Waals surface area contributed by atoms with Gasteiger partial charge in [0.1, 0.15) is 5.75 Å². The molecule has 0 unspecified atom stereocenters. The minimum atomic E-state index is -0.0396. The molecule has 0 aliphatic rings. The highest BCUT2D eigenvalue weighted by Crippen LogP contribution is 2.22. The van der Waals surface area contributed by atoms with E-state index in [-0.39, 0.29) is 12.4 Å². The molecular formula is C9H9ClO2. The van der Waals surface area contributed by atoms with Crippen LogP contribution in [0, 0.1) is 0 Å². The smallest absolute Gasteiger partial charge is 0.124 e. The number of phenolic OH excluding ortho intramolecular Hbond substituents is 1. The van der Waals surface area contributed by atoms with Crippen LogP contribution in [-0.4, -0.2) is 16.8 Å². The lowest BCUT2D eigenvalue weighted by molar-refractivity contribution is 0.343. The Morgan fingerprint density at radius 1 is 1.42 bits per heavy atom. The summed E-state index contributed by atoms with van der Waals surface area (Å²) in [4.78, 5) is 0. The molecule has 0 atom stereocenters. The summed E-state index contributed by atoms with van der Waals surface area (Å²) in [6.07, 6.45) is 3.18. The van der Waals surface area contributed by atoms with Crippen LogP contribution in [-0.2, 0) is 0 Å². The van der Waals surface area contributed by atoms with Crippen LogP contribution < -0.4 is 0 Å². The molecule has 1 rings (SSSR count). The quantitative estimate of drug-likeness (QED) is 0.739. The maximum atomic E-state index is 9.30. The van der Waals surface area contributed by atoms with Gasteiger partial charge in [-0.25, -0.2) is 0 Å². The Labute approximate surface area is 75.7 Å². The first-order chi connectivity index (χ1) is 5.74. The van der Waals surface area contributed by atoms with Crippen molar-refractivity contribution in [3.63, 3.8) is 0 Å². The van der Waals surface area contributed by atoms with E-state index in [4.69, 9.17) is 16.7 Å². The van der Waals surface area contributed by atoms with E-state index in [2.05, 4.69) is 0 Å². The van der Waals surface area contributed by atoms with Crippen molar-refractivity contribution in [2.24, 2.45) is 0 Å². The van der Waals surface area contributed by atoms with Crippen molar-refractivity contribution in [1.29, 1.82) is 0 Å². The molecule has 0 spiro atoms. The first-order valence-electron chi connectivity index (χ1n) is 3.50. The molecule has 0 bridgehead atoms. The Morgan fingerprint density at radius 3 is 2.75 bits per heavy atom. The van der Waals surface area contributed by atoms with E-state index < -0.39 is 0 Å². The van der Waals surface area contributed by atoms with Gasteiger partial charge in [0.25, 0.3) is 0 Å². The largest absolute Gasteiger partial charge is 0.507 e. The van der Waals surface area contributed by atoms with Crippen LogP contribution in [0.1, 0.15) is 5.56 Å². The van der Waals surface area contributed by atoms with Crippen LogP contribution in [0.15, 0.2) is 24.3 Å². The molecule has 1 aromatic rings. The van der Waals surface area contributed by atoms with E-state index in [1.165, 1.54) is 6.07 Å². The summed E-state index contributed by atoms with van der Waals surface area (Å²) < 4.78 is 0. The van der Waals surface area contributed by atoms with Crippen LogP contribution >= 0.6 is 11.6 Å². The van der Waals surface area contributed by atoms with Crippen molar-refractivity contribution >= 4 is 17.7 Å². The number of hydrogen-bond acceptors (Lipinski definition) is 2. The second kappa shape index (κ2) is 4.14. The first kappa shape index (κ1) is 9.10. The molecule has 3 heteroatoms. The average Bonchev–Trinajstić information content (AvgIpc) is 2.03. The molecular weight excluding hydrogens is 176 g/mol. The Bertz CT molecular complexity index is 295. The zero-order valence-corrected chi connectivity index (χ0v) is 7.12. The lowest BCUT2D eigenvalue weighted by Gasteiger charge is -1.98. The zero-order chi connectivity index (χ0) is 8.97. The second-order valence-corrected chi connectivity index (χ2v) is 2.72. The number of aliphatic hydroxyl groups is 1. The molecule has 0 saturated heterocycles. The van der Waals surface area contributed by atoms with Crippen molar-refractivity contribution in [3.8, 4) is 5.75 Å². The highest BCUT2D eigenvalue weighted by molar-refractivity contribution is 6.30. The summed E-state index contributed by atoms with van der Waals surface area (Å²) in [7, 11) is 0. The van der Waals surface area contributed by atoms with Crippen LogP contribution in [0.25, 0.3) is 6.08 Å². The predicted molar refractivity (Wildman–Crippen MR) is 49.2 cm³/mol. The highest BCUT2D eigenvalue weighted by Gasteiger charge is 1.96. The van der Waals surface area contributed by atoms with Gasteiger partial charge in [-0.3, -0.25) is 0 Å². The number of aliphatic hydroxyl groups excluding tert-OH is 1. The third-order valence-electron chi connectivity index (χ3n) is 1.40. The van der Waals surface area contributed by atoms with E-state index in [0.29, 0.717) is 10.6 Å². The molecule has 64 valence electrons. The lowest BCUT2D eigenvalue weighted by Crippen LogP contribution is -1.76. The zero-order valence-electron chi connectivity index (χ0n) is 6.37. The van der Waals surface area contributed by atoms with Crippen molar-refractivity contribution in [3.05, 3.63) is 34.9 Å². The molecule has 0 amide bonds. The van der Waals surface area contributed by atoms with E-state index in [0.717, 1.165) is 0 Å². The molecule has 0 radical (unpaired) electrons. The van der Waals surface area contributed by atoms with Crippen molar-refractivity contribution < 1.29 is 10.2 Å². The van der Waals surface area contributed by atoms with Gasteiger partial charge in [-0.15, -0.1) is 0 Å². The van der Waals surface area contributed by atoms with Gasteiger partial charge in [-0.1, -0.05) is 23.8 Å². The van der Waals surface area contributed by atoms with E-state index in [9.17, 15) is 5.11 Å². The number of rotatable bonds is 2. The van der Waals surface area contributed by atoms with Crippen LogP contribution in [0.4, 0.5) is 0 Å². The summed E-state index contributed by atoms with van der Waals surface area (Å²) in [5.74, 6) is 0.118. The van der Waals surface area contributed by atoms with Gasteiger partial charge < -0.3 is 10.2 Å². The summed E-state index contributed by atoms with van der Waals surface area (Å²) >= 11 is 5.62. The Hall–Kier alpha value is -0.990. The molecule has 2 nitrogen and oxygen atoms in total. The maximum Gasteiger partial charge on any atom is 0.124 e. The van der Waals surface area contributed by atoms with E-state index >= 15 is 0 Å². The number of hydrogen-bond donors (Lipinski definition) is 2. The normalized spacial score (nSPS) is 10.8. The van der Waals surface area contributed by atoms with Gasteiger partial charge in [0.2, 0.25) is 0 Å². The molecule has 12 heavy (non-hydrogen) atoms. The predicted octanol–water partition coefficient (Wildman–Crippen LogP) is 2.05. The van der Waals surface area contributed by atoms with Crippen LogP contribution in [0.5, 0.6) is 5.75 Å². The van der Waals surface area contributed by atoms with Crippen molar-refractivity contribution in [1.82, 2.24) is 0 Å². The fourth-order valence-corrected chi connectivity index (χ4v) is 1.00. The Kier molecular flexibility index (Phi) is 3.14. The Morgan fingerprint density at radius 2 is 2.17 bits per heavy atom. The highest BCUT2D eigenvalue weighted by atomic mass is 35.5. The first-order valence-corrected chi connectivity index (χ1v) is 3.88. The molecule has 0 saturated carbocycles. The summed E-state index contributed by atoms with van der Waals surface area (Å²) in [6.45, 7) is -0.0396. The van der Waals surface area contributed by atoms with Gasteiger partial charge in [0.15, 0.2) is 0 Å². The van der Waals surface area contributed by atoms with Gasteiger partial charge in [0.05, 0.1) is 6.61 Å². The fourth-order valence-electron chi connectivity index (χ4n) is 0.837. The van der Waals surface area contributed by atoms with E-state index in [1.54, 1.807) is 24.3 Å². The maximum absolute atomic E-state index is 9.30. The minimum absolute atomic E-state index is 0.0396. The third-order valence-corrected chi connectivity index (χ3v) is 1.63. The average molecular weight is 185 g/mol. The summed E-state index contributed by atoms with van der Waals surface area (Å²) in [5.41, 5.74) is 0.647. The fraction of sp³-hybridized carbons (Fsp3) is 0.111. The standard InChI is InChI=1S/C9H9ClO2/c10-8-4-3-7(2-1-5-11)9(12)6-8/h1-4,6,11-12H,5H2/b2-1+. The van der Waals surface area contributed by atoms with Gasteiger partial charge in [-0.2, -0.15) is 0 Å². The van der Waals surface area contributed by atoms with E-state index in [1.807, 2.05) is 0 Å².